The molecular formula is C11H17N3O4S. The van der Waals surface area contributed by atoms with Crippen LogP contribution in [0.5, 0.6) is 0 Å². The van der Waals surface area contributed by atoms with Gasteiger partial charge in [-0.2, -0.15) is 0 Å². The van der Waals surface area contributed by atoms with Crippen LogP contribution in [0.25, 0.3) is 0 Å². The fraction of sp³-hybridized carbons (Fsp3) is 0.545. The van der Waals surface area contributed by atoms with Crippen molar-refractivity contribution in [2.24, 2.45) is 5.92 Å². The second-order valence-corrected chi connectivity index (χ2v) is 5.33. The highest BCUT2D eigenvalue weighted by atomic mass is 32.2. The lowest BCUT2D eigenvalue weighted by molar-refractivity contribution is -0.176. The second kappa shape index (κ2) is 6.18. The van der Waals surface area contributed by atoms with E-state index in [-0.39, 0.29) is 6.17 Å². The lowest BCUT2D eigenvalue weighted by atomic mass is 9.99. The van der Waals surface area contributed by atoms with Crippen LogP contribution in [0.2, 0.25) is 0 Å². The smallest absolute Gasteiger partial charge is 0.348 e. The molecule has 2 N–H and O–H groups in total. The Hall–Kier alpha value is -1.38. The molecule has 1 fully saturated rings. The molecule has 8 heteroatoms. The Morgan fingerprint density at radius 1 is 1.42 bits per heavy atom. The number of hydrogen-bond donors (Lipinski definition) is 2. The molecule has 0 bridgehead atoms. The molecule has 1 aromatic rings. The quantitative estimate of drug-likeness (QED) is 0.823. The number of rotatable bonds is 3. The highest BCUT2D eigenvalue weighted by molar-refractivity contribution is 7.77. The van der Waals surface area contributed by atoms with Gasteiger partial charge in [-0.15, -0.1) is 5.06 Å². The van der Waals surface area contributed by atoms with E-state index < -0.39 is 17.4 Å². The number of hydroxylamine groups is 2. The van der Waals surface area contributed by atoms with Gasteiger partial charge in [0.15, 0.2) is 0 Å². The summed E-state index contributed by atoms with van der Waals surface area (Å²) in [5.41, 5.74) is 0. The van der Waals surface area contributed by atoms with E-state index in [9.17, 15) is 9.00 Å². The number of nitrogens with zero attached hydrogens (tertiary/aromatic N) is 2. The lowest BCUT2D eigenvalue weighted by Crippen LogP contribution is -2.43. The number of nitrogens with one attached hydrogen (secondary N) is 1. The summed E-state index contributed by atoms with van der Waals surface area (Å²) in [6, 6.07) is 3.80. The highest BCUT2D eigenvalue weighted by Gasteiger charge is 2.30. The first kappa shape index (κ1) is 14.0. The fourth-order valence-corrected chi connectivity index (χ4v) is 2.42. The SMILES string of the molecule is CC1CCC(n2cccc2)N(OC(=O)NS(=O)O)C1. The van der Waals surface area contributed by atoms with Gasteiger partial charge in [-0.1, -0.05) is 6.92 Å². The maximum atomic E-state index is 11.4. The average molecular weight is 287 g/mol. The Morgan fingerprint density at radius 3 is 2.74 bits per heavy atom. The Balaban J connectivity index is 2.04. The topological polar surface area (TPSA) is 83.8 Å². The summed E-state index contributed by atoms with van der Waals surface area (Å²) in [5, 5.41) is 1.55. The van der Waals surface area contributed by atoms with E-state index in [1.54, 1.807) is 9.79 Å². The van der Waals surface area contributed by atoms with Gasteiger partial charge in [-0.3, -0.25) is 4.55 Å². The Bertz CT molecular complexity index is 451. The van der Waals surface area contributed by atoms with Crippen LogP contribution < -0.4 is 4.72 Å². The standard InChI is InChI=1S/C11H17N3O4S/c1-9-4-5-10(13-6-2-3-7-13)14(8-9)18-11(15)12-19(16)17/h2-3,6-7,9-10H,4-5,8H2,1H3,(H,12,15)(H,16,17). The third kappa shape index (κ3) is 3.79. The maximum absolute atomic E-state index is 11.4. The van der Waals surface area contributed by atoms with Crippen molar-refractivity contribution >= 4 is 17.4 Å². The Kier molecular flexibility index (Phi) is 4.56. The minimum Gasteiger partial charge on any atom is -0.348 e. The molecule has 19 heavy (non-hydrogen) atoms. The number of amides is 1. The number of carbonyl (C=O) groups excluding carboxylic acids is 1. The van der Waals surface area contributed by atoms with E-state index in [0.29, 0.717) is 12.5 Å². The maximum Gasteiger partial charge on any atom is 0.440 e. The summed E-state index contributed by atoms with van der Waals surface area (Å²) < 4.78 is 22.8. The van der Waals surface area contributed by atoms with E-state index in [1.165, 1.54) is 0 Å². The molecular weight excluding hydrogens is 270 g/mol. The summed E-state index contributed by atoms with van der Waals surface area (Å²) in [4.78, 5) is 16.5. The minimum absolute atomic E-state index is 0.0796. The van der Waals surface area contributed by atoms with Crippen LogP contribution in [-0.2, 0) is 16.1 Å². The predicted octanol–water partition coefficient (Wildman–Crippen LogP) is 1.50. The largest absolute Gasteiger partial charge is 0.440 e. The van der Waals surface area contributed by atoms with Crippen LogP contribution in [-0.4, -0.2) is 31.0 Å². The molecule has 3 unspecified atom stereocenters. The van der Waals surface area contributed by atoms with Crippen LogP contribution in [0.15, 0.2) is 24.5 Å². The fourth-order valence-electron chi connectivity index (χ4n) is 2.24. The van der Waals surface area contributed by atoms with Crippen molar-refractivity contribution in [1.29, 1.82) is 0 Å². The molecule has 0 saturated carbocycles. The van der Waals surface area contributed by atoms with Crippen LogP contribution >= 0.6 is 0 Å². The molecule has 1 amide bonds. The van der Waals surface area contributed by atoms with Crippen LogP contribution in [0.4, 0.5) is 4.79 Å². The molecule has 0 radical (unpaired) electrons. The first-order chi connectivity index (χ1) is 9.06. The monoisotopic (exact) mass is 287 g/mol. The van der Waals surface area contributed by atoms with Gasteiger partial charge in [0, 0.05) is 18.9 Å². The molecule has 0 aliphatic carbocycles. The molecule has 1 aliphatic rings. The normalized spacial score (nSPS) is 25.8. The molecule has 7 nitrogen and oxygen atoms in total. The zero-order chi connectivity index (χ0) is 13.8. The van der Waals surface area contributed by atoms with Gasteiger partial charge < -0.3 is 9.40 Å². The number of hydrogen-bond acceptors (Lipinski definition) is 4. The molecule has 3 atom stereocenters. The van der Waals surface area contributed by atoms with Crippen molar-refractivity contribution in [2.75, 3.05) is 6.54 Å². The van der Waals surface area contributed by atoms with Crippen molar-refractivity contribution in [3.63, 3.8) is 0 Å². The molecule has 106 valence electrons. The van der Waals surface area contributed by atoms with Crippen molar-refractivity contribution in [2.45, 2.75) is 25.9 Å². The van der Waals surface area contributed by atoms with Crippen LogP contribution in [0.3, 0.4) is 0 Å². The third-order valence-electron chi connectivity index (χ3n) is 3.08. The van der Waals surface area contributed by atoms with Crippen LogP contribution in [0, 0.1) is 5.92 Å². The van der Waals surface area contributed by atoms with E-state index in [2.05, 4.69) is 6.92 Å². The molecule has 0 aromatic carbocycles. The van der Waals surface area contributed by atoms with Gasteiger partial charge in [0.2, 0.25) is 0 Å². The van der Waals surface area contributed by atoms with E-state index >= 15 is 0 Å². The molecule has 0 spiro atoms. The van der Waals surface area contributed by atoms with Gasteiger partial charge in [0.25, 0.3) is 11.3 Å². The summed E-state index contributed by atoms with van der Waals surface area (Å²) in [7, 11) is 0. The highest BCUT2D eigenvalue weighted by Crippen LogP contribution is 2.29. The average Bonchev–Trinajstić information content (AvgIpc) is 2.81. The predicted molar refractivity (Wildman–Crippen MR) is 69.0 cm³/mol. The molecule has 1 aliphatic heterocycles. The molecule has 1 aromatic heterocycles. The van der Waals surface area contributed by atoms with E-state index in [1.807, 2.05) is 29.1 Å². The zero-order valence-electron chi connectivity index (χ0n) is 10.6. The first-order valence-corrected chi connectivity index (χ1v) is 7.15. The Morgan fingerprint density at radius 2 is 2.11 bits per heavy atom. The molecule has 1 saturated heterocycles. The van der Waals surface area contributed by atoms with Crippen LogP contribution in [0.1, 0.15) is 25.9 Å². The van der Waals surface area contributed by atoms with Gasteiger partial charge in [-0.05, 0) is 30.9 Å². The Labute approximate surface area is 113 Å². The summed E-state index contributed by atoms with van der Waals surface area (Å²) in [6.45, 7) is 2.67. The number of piperidine rings is 1. The molecule has 2 rings (SSSR count). The summed E-state index contributed by atoms with van der Waals surface area (Å²) in [5.74, 6) is 0.402. The second-order valence-electron chi connectivity index (χ2n) is 4.62. The zero-order valence-corrected chi connectivity index (χ0v) is 11.4. The van der Waals surface area contributed by atoms with E-state index in [0.717, 1.165) is 12.8 Å². The lowest BCUT2D eigenvalue weighted by Gasteiger charge is -2.37. The van der Waals surface area contributed by atoms with Gasteiger partial charge in [-0.25, -0.2) is 13.7 Å². The number of carbonyl (C=O) groups is 1. The van der Waals surface area contributed by atoms with Crippen molar-refractivity contribution < 1.29 is 18.4 Å². The minimum atomic E-state index is -2.41. The molecule has 2 heterocycles. The van der Waals surface area contributed by atoms with Crippen molar-refractivity contribution in [3.8, 4) is 0 Å². The number of aromatic nitrogens is 1. The summed E-state index contributed by atoms with van der Waals surface area (Å²) in [6.07, 6.45) is 4.69. The van der Waals surface area contributed by atoms with Crippen molar-refractivity contribution in [1.82, 2.24) is 14.4 Å². The third-order valence-corrected chi connectivity index (χ3v) is 3.43. The first-order valence-electron chi connectivity index (χ1n) is 6.05. The van der Waals surface area contributed by atoms with E-state index in [4.69, 9.17) is 9.39 Å². The van der Waals surface area contributed by atoms with Gasteiger partial charge in [0.05, 0.1) is 0 Å². The van der Waals surface area contributed by atoms with Gasteiger partial charge >= 0.3 is 6.09 Å². The van der Waals surface area contributed by atoms with Crippen molar-refractivity contribution in [3.05, 3.63) is 24.5 Å². The van der Waals surface area contributed by atoms with Gasteiger partial charge in [0.1, 0.15) is 6.17 Å². The summed E-state index contributed by atoms with van der Waals surface area (Å²) >= 11 is -2.41.